The maximum Gasteiger partial charge on any atom is 0.245 e. The predicted octanol–water partition coefficient (Wildman–Crippen LogP) is 5.20. The number of fused-ring (bicyclic) bond motifs is 1. The molecule has 0 aliphatic rings. The molecule has 1 aromatic heterocycles. The van der Waals surface area contributed by atoms with Crippen molar-refractivity contribution < 1.29 is 17.5 Å². The molecule has 4 aromatic rings. The number of aromatic nitrogens is 1. The lowest BCUT2D eigenvalue weighted by molar-refractivity contribution is -0.704. The zero-order valence-corrected chi connectivity index (χ0v) is 18.5. The van der Waals surface area contributed by atoms with Gasteiger partial charge in [0.05, 0.1) is 4.90 Å². The number of hydrogen-bond donors (Lipinski definition) is 0. The first-order valence-corrected chi connectivity index (χ1v) is 11.8. The van der Waals surface area contributed by atoms with Gasteiger partial charge >= 0.3 is 0 Å². The minimum Gasteiger partial charge on any atom is -0.744 e. The van der Waals surface area contributed by atoms with Crippen molar-refractivity contribution in [2.75, 3.05) is 0 Å². The van der Waals surface area contributed by atoms with Gasteiger partial charge < -0.3 is 4.55 Å². The number of nitrogens with zero attached hydrogens (tertiary/aromatic N) is 1. The molecule has 0 N–H and O–H groups in total. The van der Waals surface area contributed by atoms with Crippen molar-refractivity contribution in [2.24, 2.45) is 0 Å². The van der Waals surface area contributed by atoms with E-state index >= 15 is 0 Å². The van der Waals surface area contributed by atoms with Crippen LogP contribution in [0.5, 0.6) is 0 Å². The van der Waals surface area contributed by atoms with E-state index in [1.165, 1.54) is 33.0 Å². The monoisotopic (exact) mass is 437 g/mol. The SMILES string of the molecule is CC[n+]1c(Sc2ccccc2)ccc2ccccc21.Cc1ccc(S(=O)(=O)[O-])cc1. The molecule has 6 heteroatoms. The molecule has 0 saturated carbocycles. The summed E-state index contributed by atoms with van der Waals surface area (Å²) in [6.45, 7) is 5.00. The number of para-hydroxylation sites is 1. The Morgan fingerprint density at radius 3 is 2.10 bits per heavy atom. The standard InChI is InChI=1S/C17H16NS.C7H8O3S/c1-2-18-16-11-7-6-8-14(16)12-13-17(18)19-15-9-4-3-5-10-15;1-6-2-4-7(5-3-6)11(8,9)10/h3-13H,2H2,1H3;2-5H,1H3,(H,8,9,10)/q+1;/p-1. The second-order valence-corrected chi connectivity index (χ2v) is 9.13. The summed E-state index contributed by atoms with van der Waals surface area (Å²) in [5.74, 6) is 0. The fourth-order valence-corrected chi connectivity index (χ4v) is 4.45. The molecule has 154 valence electrons. The van der Waals surface area contributed by atoms with E-state index in [-0.39, 0.29) is 4.90 Å². The average Bonchev–Trinajstić information content (AvgIpc) is 2.74. The van der Waals surface area contributed by atoms with Gasteiger partial charge in [0, 0.05) is 22.4 Å². The maximum atomic E-state index is 10.4. The van der Waals surface area contributed by atoms with Crippen LogP contribution in [0.4, 0.5) is 0 Å². The zero-order valence-electron chi connectivity index (χ0n) is 16.9. The quantitative estimate of drug-likeness (QED) is 0.325. The molecule has 4 nitrogen and oxygen atoms in total. The Hall–Kier alpha value is -2.67. The Morgan fingerprint density at radius 2 is 1.47 bits per heavy atom. The summed E-state index contributed by atoms with van der Waals surface area (Å²) >= 11 is 1.82. The predicted molar refractivity (Wildman–Crippen MR) is 120 cm³/mol. The highest BCUT2D eigenvalue weighted by atomic mass is 32.2. The number of benzene rings is 3. The molecule has 3 aromatic carbocycles. The first-order chi connectivity index (χ1) is 14.4. The van der Waals surface area contributed by atoms with Gasteiger partial charge in [0.15, 0.2) is 0 Å². The van der Waals surface area contributed by atoms with Crippen LogP contribution in [0.25, 0.3) is 10.9 Å². The number of pyridine rings is 1. The Kier molecular flexibility index (Phi) is 7.26. The highest BCUT2D eigenvalue weighted by Gasteiger charge is 2.14. The Labute approximate surface area is 182 Å². The summed E-state index contributed by atoms with van der Waals surface area (Å²) in [5, 5.41) is 2.58. The van der Waals surface area contributed by atoms with E-state index in [0.29, 0.717) is 0 Å². The Balaban J connectivity index is 0.000000199. The minimum absolute atomic E-state index is 0.178. The summed E-state index contributed by atoms with van der Waals surface area (Å²) in [7, 11) is -4.27. The van der Waals surface area contributed by atoms with Gasteiger partial charge in [-0.25, -0.2) is 8.42 Å². The van der Waals surface area contributed by atoms with Gasteiger partial charge in [-0.2, -0.15) is 4.57 Å². The molecule has 0 aliphatic carbocycles. The van der Waals surface area contributed by atoms with Gasteiger partial charge in [0.1, 0.15) is 16.7 Å². The highest BCUT2D eigenvalue weighted by Crippen LogP contribution is 2.26. The highest BCUT2D eigenvalue weighted by molar-refractivity contribution is 7.99. The maximum absolute atomic E-state index is 10.4. The Bertz CT molecular complexity index is 1220. The van der Waals surface area contributed by atoms with E-state index in [1.807, 2.05) is 18.7 Å². The molecule has 0 atom stereocenters. The van der Waals surface area contributed by atoms with Crippen molar-refractivity contribution >= 4 is 32.8 Å². The van der Waals surface area contributed by atoms with E-state index in [2.05, 4.69) is 78.2 Å². The normalized spacial score (nSPS) is 11.0. The van der Waals surface area contributed by atoms with Gasteiger partial charge in [0.2, 0.25) is 10.5 Å². The second kappa shape index (κ2) is 9.89. The lowest BCUT2D eigenvalue weighted by Crippen LogP contribution is -2.35. The summed E-state index contributed by atoms with van der Waals surface area (Å²) in [6.07, 6.45) is 0. The number of hydrogen-bond acceptors (Lipinski definition) is 4. The minimum atomic E-state index is -4.27. The molecule has 0 aliphatic heterocycles. The first kappa shape index (κ1) is 22.0. The van der Waals surface area contributed by atoms with Crippen LogP contribution in [0.15, 0.2) is 106 Å². The lowest BCUT2D eigenvalue weighted by Gasteiger charge is -2.05. The lowest BCUT2D eigenvalue weighted by atomic mass is 10.2. The topological polar surface area (TPSA) is 61.1 Å². The van der Waals surface area contributed by atoms with E-state index < -0.39 is 10.1 Å². The van der Waals surface area contributed by atoms with E-state index in [0.717, 1.165) is 12.1 Å². The molecule has 0 bridgehead atoms. The molecule has 0 unspecified atom stereocenters. The number of aryl methyl sites for hydroxylation is 2. The van der Waals surface area contributed by atoms with Gasteiger partial charge in [-0.15, -0.1) is 0 Å². The first-order valence-electron chi connectivity index (χ1n) is 9.55. The largest absolute Gasteiger partial charge is 0.744 e. The average molecular weight is 438 g/mol. The van der Waals surface area contributed by atoms with Gasteiger partial charge in [-0.05, 0) is 62.0 Å². The van der Waals surface area contributed by atoms with Crippen LogP contribution in [0, 0.1) is 6.92 Å². The summed E-state index contributed by atoms with van der Waals surface area (Å²) < 4.78 is 33.5. The van der Waals surface area contributed by atoms with Crippen molar-refractivity contribution in [1.29, 1.82) is 0 Å². The molecular formula is C24H23NO3S2. The third-order valence-corrected chi connectivity index (χ3v) is 6.41. The molecule has 30 heavy (non-hydrogen) atoms. The van der Waals surface area contributed by atoms with Gasteiger partial charge in [-0.3, -0.25) is 0 Å². The number of rotatable bonds is 4. The van der Waals surface area contributed by atoms with Crippen molar-refractivity contribution in [2.45, 2.75) is 35.2 Å². The van der Waals surface area contributed by atoms with Crippen LogP contribution < -0.4 is 4.57 Å². The van der Waals surface area contributed by atoms with Crippen LogP contribution in [0.2, 0.25) is 0 Å². The van der Waals surface area contributed by atoms with E-state index in [1.54, 1.807) is 12.1 Å². The second-order valence-electron chi connectivity index (χ2n) is 6.66. The summed E-state index contributed by atoms with van der Waals surface area (Å²) in [6, 6.07) is 29.3. The van der Waals surface area contributed by atoms with Crippen LogP contribution in [-0.4, -0.2) is 13.0 Å². The van der Waals surface area contributed by atoms with Crippen molar-refractivity contribution in [3.8, 4) is 0 Å². The smallest absolute Gasteiger partial charge is 0.245 e. The van der Waals surface area contributed by atoms with Crippen molar-refractivity contribution in [3.63, 3.8) is 0 Å². The van der Waals surface area contributed by atoms with Crippen LogP contribution in [0.1, 0.15) is 12.5 Å². The van der Waals surface area contributed by atoms with Crippen molar-refractivity contribution in [1.82, 2.24) is 0 Å². The van der Waals surface area contributed by atoms with E-state index in [9.17, 15) is 13.0 Å². The summed E-state index contributed by atoms with van der Waals surface area (Å²) in [5.41, 5.74) is 2.23. The van der Waals surface area contributed by atoms with Crippen molar-refractivity contribution in [3.05, 3.63) is 96.6 Å². The fourth-order valence-electron chi connectivity index (χ4n) is 2.97. The van der Waals surface area contributed by atoms with Gasteiger partial charge in [-0.1, -0.05) is 48.0 Å². The molecule has 0 saturated heterocycles. The molecule has 0 amide bonds. The third-order valence-electron chi connectivity index (χ3n) is 4.49. The van der Waals surface area contributed by atoms with Gasteiger partial charge in [0.25, 0.3) is 0 Å². The van der Waals surface area contributed by atoms with Crippen LogP contribution in [0.3, 0.4) is 0 Å². The van der Waals surface area contributed by atoms with E-state index in [4.69, 9.17) is 0 Å². The molecule has 0 fully saturated rings. The molecule has 0 spiro atoms. The van der Waals surface area contributed by atoms with Crippen LogP contribution >= 0.6 is 11.8 Å². The Morgan fingerprint density at radius 1 is 0.833 bits per heavy atom. The molecular weight excluding hydrogens is 414 g/mol. The van der Waals surface area contributed by atoms with Crippen LogP contribution in [-0.2, 0) is 16.7 Å². The third kappa shape index (κ3) is 5.69. The molecule has 1 heterocycles. The molecule has 4 rings (SSSR count). The fraction of sp³-hybridized carbons (Fsp3) is 0.125. The summed E-state index contributed by atoms with van der Waals surface area (Å²) in [4.78, 5) is 1.10. The zero-order chi connectivity index (χ0) is 21.6. The molecule has 0 radical (unpaired) electrons.